The molecule has 0 bridgehead atoms. The zero-order chi connectivity index (χ0) is 25.6. The van der Waals surface area contributed by atoms with E-state index in [9.17, 15) is 50.0 Å². The Kier molecular flexibility index (Phi) is 6.77. The van der Waals surface area contributed by atoms with Crippen LogP contribution in [-0.2, 0) is 15.1 Å². The third kappa shape index (κ3) is 5.21. The van der Waals surface area contributed by atoms with Crippen molar-refractivity contribution in [3.8, 4) is 6.07 Å². The van der Waals surface area contributed by atoms with E-state index in [1.807, 2.05) is 6.07 Å². The lowest BCUT2D eigenvalue weighted by Crippen LogP contribution is -2.51. The number of hydrogen-bond donors (Lipinski definition) is 2. The van der Waals surface area contributed by atoms with Crippen molar-refractivity contribution in [3.63, 3.8) is 0 Å². The molecule has 0 saturated carbocycles. The highest BCUT2D eigenvalue weighted by atomic mass is 32.2. The molecular weight excluding hydrogens is 488 g/mol. The van der Waals surface area contributed by atoms with E-state index in [1.54, 1.807) is 0 Å². The van der Waals surface area contributed by atoms with Crippen LogP contribution in [0.4, 0.5) is 40.8 Å². The Morgan fingerprint density at radius 2 is 1.58 bits per heavy atom. The monoisotopic (exact) mass is 502 g/mol. The minimum absolute atomic E-state index is 0.271. The molecular formula is C18H14F8N4O2S. The maximum atomic E-state index is 14.8. The molecule has 2 amide bonds. The topological polar surface area (TPSA) is 94.3 Å². The van der Waals surface area contributed by atoms with Crippen LogP contribution >= 0.6 is 11.8 Å². The molecule has 3 atom stereocenters. The second kappa shape index (κ2) is 8.47. The molecule has 0 aromatic heterocycles. The summed E-state index contributed by atoms with van der Waals surface area (Å²) in [5, 5.41) is 11.7. The van der Waals surface area contributed by atoms with Crippen LogP contribution in [0.1, 0.15) is 26.3 Å². The number of rotatable bonds is 2. The first-order chi connectivity index (χ1) is 14.8. The van der Waals surface area contributed by atoms with Gasteiger partial charge in [-0.1, -0.05) is 18.7 Å². The Bertz CT molecular complexity index is 1070. The fraction of sp³-hybridized carbons (Fsp3) is 0.444. The van der Waals surface area contributed by atoms with Gasteiger partial charge in [0.2, 0.25) is 0 Å². The third-order valence-corrected chi connectivity index (χ3v) is 6.36. The second-order valence-corrected chi connectivity index (χ2v) is 8.77. The van der Waals surface area contributed by atoms with E-state index in [4.69, 9.17) is 0 Å². The van der Waals surface area contributed by atoms with Crippen molar-refractivity contribution in [3.05, 3.63) is 29.3 Å². The van der Waals surface area contributed by atoms with Gasteiger partial charge >= 0.3 is 24.2 Å². The Labute approximate surface area is 185 Å². The number of amides is 2. The van der Waals surface area contributed by atoms with Crippen molar-refractivity contribution in [1.29, 1.82) is 5.26 Å². The van der Waals surface area contributed by atoms with Gasteiger partial charge < -0.3 is 5.32 Å². The van der Waals surface area contributed by atoms with Gasteiger partial charge in [0.15, 0.2) is 16.8 Å². The average Bonchev–Trinajstić information content (AvgIpc) is 2.67. The SMILES string of the molecule is C[C@@H]1[C@@](C)(C#N)SC(NC(=O)C(F)(F)F)=N[C@]1(C)c1cc(NC(=O)C(F)(F)F)cc(F)c1F. The van der Waals surface area contributed by atoms with Crippen LogP contribution < -0.4 is 10.6 Å². The van der Waals surface area contributed by atoms with Crippen LogP contribution in [0.5, 0.6) is 0 Å². The molecule has 33 heavy (non-hydrogen) atoms. The summed E-state index contributed by atoms with van der Waals surface area (Å²) in [7, 11) is 0. The highest BCUT2D eigenvalue weighted by Crippen LogP contribution is 2.51. The van der Waals surface area contributed by atoms with Crippen LogP contribution in [0.15, 0.2) is 17.1 Å². The lowest BCUT2D eigenvalue weighted by atomic mass is 9.74. The minimum Gasteiger partial charge on any atom is -0.318 e. The van der Waals surface area contributed by atoms with Gasteiger partial charge in [-0.2, -0.15) is 31.6 Å². The number of nitriles is 1. The Balaban J connectivity index is 2.67. The van der Waals surface area contributed by atoms with Gasteiger partial charge in [-0.3, -0.25) is 19.9 Å². The van der Waals surface area contributed by atoms with Gasteiger partial charge in [0.1, 0.15) is 4.75 Å². The van der Waals surface area contributed by atoms with E-state index in [0.717, 1.165) is 6.92 Å². The standard InChI is InChI=1S/C18H14F8N4O2S/c1-7-15(2,6-27)33-14(29-13(32)18(24,25)26)30-16(7,3)9-4-8(5-10(19)11(9)20)28-12(31)17(21,22)23/h4-5,7H,1-3H3,(H,28,31)(H,29,30,32)/t7-,15-,16+/m1/s1. The van der Waals surface area contributed by atoms with Crippen LogP contribution in [-0.4, -0.2) is 34.1 Å². The van der Waals surface area contributed by atoms with Gasteiger partial charge in [-0.15, -0.1) is 0 Å². The molecule has 1 aliphatic heterocycles. The smallest absolute Gasteiger partial charge is 0.318 e. The van der Waals surface area contributed by atoms with E-state index < -0.39 is 68.4 Å². The van der Waals surface area contributed by atoms with E-state index in [0.29, 0.717) is 17.8 Å². The number of alkyl halides is 6. The Morgan fingerprint density at radius 3 is 2.06 bits per heavy atom. The van der Waals surface area contributed by atoms with E-state index in [1.165, 1.54) is 24.5 Å². The second-order valence-electron chi connectivity index (χ2n) is 7.33. The summed E-state index contributed by atoms with van der Waals surface area (Å²) >= 11 is 0.434. The predicted molar refractivity (Wildman–Crippen MR) is 101 cm³/mol. The van der Waals surface area contributed by atoms with Crippen LogP contribution in [0, 0.1) is 28.9 Å². The largest absolute Gasteiger partial charge is 0.471 e. The number of anilines is 1. The summed E-state index contributed by atoms with van der Waals surface area (Å²) in [5.74, 6) is -9.31. The molecule has 0 spiro atoms. The third-order valence-electron chi connectivity index (χ3n) is 5.10. The maximum Gasteiger partial charge on any atom is 0.471 e. The molecule has 0 unspecified atom stereocenters. The molecule has 1 heterocycles. The van der Waals surface area contributed by atoms with Gasteiger partial charge in [0.05, 0.1) is 11.6 Å². The molecule has 1 aromatic rings. The first kappa shape index (κ1) is 26.4. The number of nitrogens with zero attached hydrogens (tertiary/aromatic N) is 2. The Morgan fingerprint density at radius 1 is 1.06 bits per heavy atom. The van der Waals surface area contributed by atoms with Crippen molar-refractivity contribution in [2.75, 3.05) is 5.32 Å². The summed E-state index contributed by atoms with van der Waals surface area (Å²) in [6.07, 6.45) is -10.7. The number of aliphatic imine (C=N–C) groups is 1. The summed E-state index contributed by atoms with van der Waals surface area (Å²) in [4.78, 5) is 26.4. The highest BCUT2D eigenvalue weighted by Gasteiger charge is 2.52. The number of halogens is 8. The quantitative estimate of drug-likeness (QED) is 0.587. The van der Waals surface area contributed by atoms with Crippen LogP contribution in [0.3, 0.4) is 0 Å². The molecule has 1 aromatic carbocycles. The van der Waals surface area contributed by atoms with Crippen molar-refractivity contribution in [2.24, 2.45) is 10.9 Å². The molecule has 0 aliphatic carbocycles. The lowest BCUT2D eigenvalue weighted by molar-refractivity contribution is -0.171. The fourth-order valence-corrected chi connectivity index (χ4v) is 4.25. The number of nitrogens with one attached hydrogen (secondary N) is 2. The molecule has 2 rings (SSSR count). The number of carbonyl (C=O) groups excluding carboxylic acids is 2. The van der Waals surface area contributed by atoms with E-state index in [2.05, 4.69) is 4.99 Å². The van der Waals surface area contributed by atoms with Crippen molar-refractivity contribution in [2.45, 2.75) is 43.4 Å². The van der Waals surface area contributed by atoms with Crippen LogP contribution in [0.2, 0.25) is 0 Å². The van der Waals surface area contributed by atoms with Crippen LogP contribution in [0.25, 0.3) is 0 Å². The molecule has 0 fully saturated rings. The lowest BCUT2D eigenvalue weighted by Gasteiger charge is -2.44. The van der Waals surface area contributed by atoms with E-state index >= 15 is 0 Å². The summed E-state index contributed by atoms with van der Waals surface area (Å²) in [6, 6.07) is 2.71. The number of amidine groups is 1. The Hall–Kier alpha value is -2.89. The molecule has 0 radical (unpaired) electrons. The van der Waals surface area contributed by atoms with Gasteiger partial charge in [-0.25, -0.2) is 8.78 Å². The zero-order valence-corrected chi connectivity index (χ0v) is 17.7. The van der Waals surface area contributed by atoms with Gasteiger partial charge in [0.25, 0.3) is 0 Å². The maximum absolute atomic E-state index is 14.8. The number of hydrogen-bond acceptors (Lipinski definition) is 5. The summed E-state index contributed by atoms with van der Waals surface area (Å²) in [5.41, 5.74) is -3.62. The first-order valence-electron chi connectivity index (χ1n) is 8.81. The average molecular weight is 502 g/mol. The minimum atomic E-state index is -5.35. The number of carbonyl (C=O) groups is 2. The van der Waals surface area contributed by atoms with Gasteiger partial charge in [-0.05, 0) is 19.9 Å². The fourth-order valence-electron chi connectivity index (χ4n) is 3.02. The van der Waals surface area contributed by atoms with Crippen molar-refractivity contribution in [1.82, 2.24) is 5.32 Å². The van der Waals surface area contributed by atoms with Crippen molar-refractivity contribution >= 4 is 34.4 Å². The molecule has 6 nitrogen and oxygen atoms in total. The summed E-state index contributed by atoms with van der Waals surface area (Å²) < 4.78 is 103. The number of benzene rings is 1. The summed E-state index contributed by atoms with van der Waals surface area (Å²) in [6.45, 7) is 3.68. The normalized spacial score (nSPS) is 25.6. The zero-order valence-electron chi connectivity index (χ0n) is 16.9. The number of thioether (sulfide) groups is 1. The molecule has 2 N–H and O–H groups in total. The first-order valence-corrected chi connectivity index (χ1v) is 9.63. The molecule has 0 saturated heterocycles. The molecule has 1 aliphatic rings. The van der Waals surface area contributed by atoms with Crippen molar-refractivity contribution < 1.29 is 44.7 Å². The highest BCUT2D eigenvalue weighted by molar-refractivity contribution is 8.15. The predicted octanol–water partition coefficient (Wildman–Crippen LogP) is 4.38. The van der Waals surface area contributed by atoms with E-state index in [-0.39, 0.29) is 6.07 Å². The molecule has 15 heteroatoms. The molecule has 180 valence electrons. The van der Waals surface area contributed by atoms with Gasteiger partial charge in [0, 0.05) is 23.2 Å².